The Balaban J connectivity index is 2.11. The van der Waals surface area contributed by atoms with Crippen molar-refractivity contribution in [3.05, 3.63) is 54.1 Å². The summed E-state index contributed by atoms with van der Waals surface area (Å²) in [6.07, 6.45) is 1.03. The van der Waals surface area contributed by atoms with Crippen LogP contribution in [0.3, 0.4) is 0 Å². The topological polar surface area (TPSA) is 21.3 Å². The second-order valence-corrected chi connectivity index (χ2v) is 5.01. The fourth-order valence-electron chi connectivity index (χ4n) is 2.09. The van der Waals surface area contributed by atoms with Gasteiger partial charge in [-0.25, -0.2) is 0 Å². The normalized spacial score (nSPS) is 12.2. The zero-order valence-corrected chi connectivity index (χ0v) is 12.5. The summed E-state index contributed by atoms with van der Waals surface area (Å²) in [6, 6.07) is 17.4. The van der Waals surface area contributed by atoms with E-state index in [0.29, 0.717) is 6.04 Å². The molecule has 2 aromatic rings. The highest BCUT2D eigenvalue weighted by molar-refractivity contribution is 5.64. The predicted molar refractivity (Wildman–Crippen MR) is 85.1 cm³/mol. The molecule has 0 radical (unpaired) electrons. The van der Waals surface area contributed by atoms with E-state index in [1.807, 2.05) is 19.2 Å². The van der Waals surface area contributed by atoms with Crippen LogP contribution in [-0.2, 0) is 0 Å². The number of hydrogen-bond donors (Lipinski definition) is 1. The zero-order valence-electron chi connectivity index (χ0n) is 12.5. The molecule has 1 atom stereocenters. The molecule has 2 rings (SSSR count). The maximum atomic E-state index is 5.60. The molecule has 0 aliphatic heterocycles. The van der Waals surface area contributed by atoms with Crippen LogP contribution in [0.1, 0.15) is 31.9 Å². The summed E-state index contributed by atoms with van der Waals surface area (Å²) in [5.41, 5.74) is 3.76. The fourth-order valence-corrected chi connectivity index (χ4v) is 2.09. The van der Waals surface area contributed by atoms with Crippen molar-refractivity contribution in [2.45, 2.75) is 26.3 Å². The molecule has 2 nitrogen and oxygen atoms in total. The molecule has 0 bridgehead atoms. The highest BCUT2D eigenvalue weighted by Crippen LogP contribution is 2.24. The molecule has 2 heteroatoms. The second kappa shape index (κ2) is 7.11. The van der Waals surface area contributed by atoms with Crippen LogP contribution in [0.4, 0.5) is 0 Å². The lowest BCUT2D eigenvalue weighted by molar-refractivity contribution is 0.317. The Hall–Kier alpha value is -1.80. The summed E-state index contributed by atoms with van der Waals surface area (Å²) in [7, 11) is 1.98. The van der Waals surface area contributed by atoms with E-state index >= 15 is 0 Å². The number of ether oxygens (including phenoxy) is 1. The van der Waals surface area contributed by atoms with E-state index in [4.69, 9.17) is 4.74 Å². The van der Waals surface area contributed by atoms with E-state index in [2.05, 4.69) is 55.6 Å². The highest BCUT2D eigenvalue weighted by atomic mass is 16.5. The quantitative estimate of drug-likeness (QED) is 0.838. The van der Waals surface area contributed by atoms with E-state index in [-0.39, 0.29) is 0 Å². The first-order valence-electron chi connectivity index (χ1n) is 7.25. The third kappa shape index (κ3) is 3.61. The Bertz CT molecular complexity index is 516. The van der Waals surface area contributed by atoms with Gasteiger partial charge in [-0.2, -0.15) is 0 Å². The summed E-state index contributed by atoms with van der Waals surface area (Å²) in [6.45, 7) is 5.05. The van der Waals surface area contributed by atoms with Crippen LogP contribution >= 0.6 is 0 Å². The van der Waals surface area contributed by atoms with Crippen LogP contribution in [0.25, 0.3) is 11.1 Å². The molecular weight excluding hydrogens is 246 g/mol. The smallest absolute Gasteiger partial charge is 0.119 e. The summed E-state index contributed by atoms with van der Waals surface area (Å²) in [4.78, 5) is 0. The molecule has 0 fully saturated rings. The lowest BCUT2D eigenvalue weighted by Crippen LogP contribution is -2.11. The summed E-state index contributed by atoms with van der Waals surface area (Å²) in [5.74, 6) is 0.941. The van der Waals surface area contributed by atoms with Gasteiger partial charge < -0.3 is 10.1 Å². The van der Waals surface area contributed by atoms with E-state index in [0.717, 1.165) is 18.8 Å². The lowest BCUT2D eigenvalue weighted by atomic mass is 10.0. The average Bonchev–Trinajstić information content (AvgIpc) is 2.53. The Kier molecular flexibility index (Phi) is 5.19. The zero-order chi connectivity index (χ0) is 14.4. The molecular formula is C18H23NO. The minimum Gasteiger partial charge on any atom is -0.494 e. The second-order valence-electron chi connectivity index (χ2n) is 5.01. The molecule has 2 aromatic carbocycles. The van der Waals surface area contributed by atoms with Gasteiger partial charge in [0.1, 0.15) is 5.75 Å². The van der Waals surface area contributed by atoms with E-state index in [1.54, 1.807) is 0 Å². The van der Waals surface area contributed by atoms with Gasteiger partial charge in [0.2, 0.25) is 0 Å². The SMILES string of the molecule is CCCOc1ccc(-c2ccc(C(C)NC)cc2)cc1. The van der Waals surface area contributed by atoms with E-state index < -0.39 is 0 Å². The molecule has 0 heterocycles. The van der Waals surface area contributed by atoms with Gasteiger partial charge in [-0.15, -0.1) is 0 Å². The van der Waals surface area contributed by atoms with Crippen molar-refractivity contribution in [3.63, 3.8) is 0 Å². The first-order valence-corrected chi connectivity index (χ1v) is 7.25. The minimum absolute atomic E-state index is 0.383. The highest BCUT2D eigenvalue weighted by Gasteiger charge is 2.03. The molecule has 0 saturated carbocycles. The van der Waals surface area contributed by atoms with Crippen molar-refractivity contribution < 1.29 is 4.74 Å². The average molecular weight is 269 g/mol. The first-order chi connectivity index (χ1) is 9.74. The van der Waals surface area contributed by atoms with E-state index in [9.17, 15) is 0 Å². The number of benzene rings is 2. The molecule has 20 heavy (non-hydrogen) atoms. The van der Waals surface area contributed by atoms with Crippen LogP contribution in [0, 0.1) is 0 Å². The monoisotopic (exact) mass is 269 g/mol. The molecule has 0 aliphatic carbocycles. The lowest BCUT2D eigenvalue weighted by Gasteiger charge is -2.11. The molecule has 0 aliphatic rings. The van der Waals surface area contributed by atoms with E-state index in [1.165, 1.54) is 16.7 Å². The van der Waals surface area contributed by atoms with Crippen molar-refractivity contribution in [2.24, 2.45) is 0 Å². The maximum absolute atomic E-state index is 5.60. The Morgan fingerprint density at radius 1 is 0.950 bits per heavy atom. The molecule has 106 valence electrons. The van der Waals surface area contributed by atoms with Crippen molar-refractivity contribution in [1.29, 1.82) is 0 Å². The van der Waals surface area contributed by atoms with Gasteiger partial charge in [-0.05, 0) is 49.2 Å². The fraction of sp³-hybridized carbons (Fsp3) is 0.333. The first kappa shape index (κ1) is 14.6. The van der Waals surface area contributed by atoms with Gasteiger partial charge in [-0.3, -0.25) is 0 Å². The maximum Gasteiger partial charge on any atom is 0.119 e. The van der Waals surface area contributed by atoms with Crippen LogP contribution < -0.4 is 10.1 Å². The molecule has 0 spiro atoms. The van der Waals surface area contributed by atoms with Crippen LogP contribution in [0.2, 0.25) is 0 Å². The standard InChI is InChI=1S/C18H23NO/c1-4-13-20-18-11-9-17(10-12-18)16-7-5-15(6-8-16)14(2)19-3/h5-12,14,19H,4,13H2,1-3H3. The molecule has 1 unspecified atom stereocenters. The largest absolute Gasteiger partial charge is 0.494 e. The molecule has 0 aromatic heterocycles. The van der Waals surface area contributed by atoms with Crippen LogP contribution in [0.5, 0.6) is 5.75 Å². The van der Waals surface area contributed by atoms with Crippen molar-refractivity contribution in [2.75, 3.05) is 13.7 Å². The number of hydrogen-bond acceptors (Lipinski definition) is 2. The van der Waals surface area contributed by atoms with Crippen molar-refractivity contribution in [1.82, 2.24) is 5.32 Å². The Morgan fingerprint density at radius 2 is 1.50 bits per heavy atom. The van der Waals surface area contributed by atoms with Gasteiger partial charge in [0.05, 0.1) is 6.61 Å². The number of nitrogens with one attached hydrogen (secondary N) is 1. The molecule has 0 saturated heterocycles. The van der Waals surface area contributed by atoms with Gasteiger partial charge in [0.25, 0.3) is 0 Å². The molecule has 0 amide bonds. The summed E-state index contributed by atoms with van der Waals surface area (Å²) < 4.78 is 5.60. The van der Waals surface area contributed by atoms with Gasteiger partial charge in [0, 0.05) is 6.04 Å². The predicted octanol–water partition coefficient (Wildman–Crippen LogP) is 4.42. The third-order valence-corrected chi connectivity index (χ3v) is 3.50. The van der Waals surface area contributed by atoms with Gasteiger partial charge in [-0.1, -0.05) is 43.3 Å². The Labute approximate surface area is 121 Å². The van der Waals surface area contributed by atoms with Gasteiger partial charge >= 0.3 is 0 Å². The van der Waals surface area contributed by atoms with Crippen LogP contribution in [-0.4, -0.2) is 13.7 Å². The van der Waals surface area contributed by atoms with Crippen LogP contribution in [0.15, 0.2) is 48.5 Å². The molecule has 1 N–H and O–H groups in total. The summed E-state index contributed by atoms with van der Waals surface area (Å²) >= 11 is 0. The number of rotatable bonds is 6. The van der Waals surface area contributed by atoms with Gasteiger partial charge in [0.15, 0.2) is 0 Å². The minimum atomic E-state index is 0.383. The Morgan fingerprint density at radius 3 is 2.00 bits per heavy atom. The van der Waals surface area contributed by atoms with Crippen molar-refractivity contribution >= 4 is 0 Å². The summed E-state index contributed by atoms with van der Waals surface area (Å²) in [5, 5.41) is 3.25. The van der Waals surface area contributed by atoms with Crippen molar-refractivity contribution in [3.8, 4) is 16.9 Å². The third-order valence-electron chi connectivity index (χ3n) is 3.50.